The molecule has 1 N–H and O–H groups in total. The van der Waals surface area contributed by atoms with E-state index in [0.29, 0.717) is 11.3 Å². The van der Waals surface area contributed by atoms with Crippen molar-refractivity contribution in [3.05, 3.63) is 17.0 Å². The van der Waals surface area contributed by atoms with Crippen LogP contribution >= 0.6 is 0 Å². The minimum Gasteiger partial charge on any atom is -0.481 e. The molecular formula is C11H17N3O3. The van der Waals surface area contributed by atoms with Crippen molar-refractivity contribution in [1.29, 1.82) is 0 Å². The van der Waals surface area contributed by atoms with Gasteiger partial charge in [-0.1, -0.05) is 0 Å². The van der Waals surface area contributed by atoms with E-state index >= 15 is 0 Å². The first-order valence-electron chi connectivity index (χ1n) is 5.27. The molecule has 0 fully saturated rings. The van der Waals surface area contributed by atoms with Crippen LogP contribution in [0.2, 0.25) is 0 Å². The average Bonchev–Trinajstić information content (AvgIpc) is 2.45. The minimum absolute atomic E-state index is 0.0617. The molecule has 1 aromatic rings. The molecule has 0 spiro atoms. The largest absolute Gasteiger partial charge is 0.481 e. The summed E-state index contributed by atoms with van der Waals surface area (Å²) in [6, 6.07) is 0. The number of carbonyl (C=O) groups excluding carboxylic acids is 1. The highest BCUT2D eigenvalue weighted by atomic mass is 16.4. The van der Waals surface area contributed by atoms with Gasteiger partial charge in [-0.3, -0.25) is 14.3 Å². The fraction of sp³-hybridized carbons (Fsp3) is 0.545. The molecule has 0 saturated heterocycles. The van der Waals surface area contributed by atoms with Gasteiger partial charge in [0.25, 0.3) is 0 Å². The molecule has 0 atom stereocenters. The second kappa shape index (κ2) is 4.99. The molecule has 17 heavy (non-hydrogen) atoms. The highest BCUT2D eigenvalue weighted by Crippen LogP contribution is 2.13. The van der Waals surface area contributed by atoms with E-state index in [1.54, 1.807) is 32.6 Å². The number of aryl methyl sites for hydroxylation is 1. The number of nitrogens with zero attached hydrogens (tertiary/aromatic N) is 3. The van der Waals surface area contributed by atoms with Gasteiger partial charge < -0.3 is 10.0 Å². The standard InChI is InChI=1S/C11H17N3O3/c1-7-9(5-11(16)17)8(2)14(12-7)6-10(15)13(3)4/h5-6H2,1-4H3,(H,16,17). The summed E-state index contributed by atoms with van der Waals surface area (Å²) in [5.74, 6) is -0.966. The third kappa shape index (κ3) is 3.05. The molecule has 1 amide bonds. The summed E-state index contributed by atoms with van der Waals surface area (Å²) in [6.45, 7) is 3.67. The number of rotatable bonds is 4. The first-order chi connectivity index (χ1) is 7.82. The lowest BCUT2D eigenvalue weighted by atomic mass is 10.1. The number of hydrogen-bond acceptors (Lipinski definition) is 3. The Kier molecular flexibility index (Phi) is 3.88. The van der Waals surface area contributed by atoms with Crippen LogP contribution in [0.4, 0.5) is 0 Å². The first kappa shape index (κ1) is 13.2. The Morgan fingerprint density at radius 3 is 2.41 bits per heavy atom. The molecule has 0 bridgehead atoms. The van der Waals surface area contributed by atoms with Gasteiger partial charge in [-0.05, 0) is 13.8 Å². The SMILES string of the molecule is Cc1nn(CC(=O)N(C)C)c(C)c1CC(=O)O. The lowest BCUT2D eigenvalue weighted by molar-refractivity contribution is -0.136. The fourth-order valence-corrected chi connectivity index (χ4v) is 1.56. The molecule has 0 aliphatic heterocycles. The van der Waals surface area contributed by atoms with Crippen molar-refractivity contribution < 1.29 is 14.7 Å². The average molecular weight is 239 g/mol. The van der Waals surface area contributed by atoms with Crippen LogP contribution in [0, 0.1) is 13.8 Å². The van der Waals surface area contributed by atoms with Gasteiger partial charge in [0.2, 0.25) is 5.91 Å². The number of aromatic nitrogens is 2. The molecule has 6 nitrogen and oxygen atoms in total. The predicted molar refractivity (Wildman–Crippen MR) is 61.7 cm³/mol. The molecule has 0 unspecified atom stereocenters. The van der Waals surface area contributed by atoms with Crippen molar-refractivity contribution >= 4 is 11.9 Å². The van der Waals surface area contributed by atoms with Gasteiger partial charge >= 0.3 is 5.97 Å². The van der Waals surface area contributed by atoms with Crippen molar-refractivity contribution in [2.24, 2.45) is 0 Å². The van der Waals surface area contributed by atoms with Crippen molar-refractivity contribution in [1.82, 2.24) is 14.7 Å². The van der Waals surface area contributed by atoms with Crippen molar-refractivity contribution in [2.45, 2.75) is 26.8 Å². The van der Waals surface area contributed by atoms with Crippen molar-refractivity contribution in [3.63, 3.8) is 0 Å². The second-order valence-corrected chi connectivity index (χ2v) is 4.17. The first-order valence-corrected chi connectivity index (χ1v) is 5.27. The van der Waals surface area contributed by atoms with E-state index in [-0.39, 0.29) is 18.9 Å². The Morgan fingerprint density at radius 2 is 1.94 bits per heavy atom. The Balaban J connectivity index is 2.96. The number of likely N-dealkylation sites (N-methyl/N-ethyl adjacent to an activating group) is 1. The van der Waals surface area contributed by atoms with Gasteiger partial charge in [0, 0.05) is 25.4 Å². The van der Waals surface area contributed by atoms with E-state index in [9.17, 15) is 9.59 Å². The third-order valence-corrected chi connectivity index (χ3v) is 2.64. The van der Waals surface area contributed by atoms with E-state index in [1.165, 1.54) is 4.90 Å². The van der Waals surface area contributed by atoms with Crippen LogP contribution in [0.3, 0.4) is 0 Å². The van der Waals surface area contributed by atoms with Gasteiger partial charge in [0.05, 0.1) is 12.1 Å². The number of carboxylic acids is 1. The Morgan fingerprint density at radius 1 is 1.35 bits per heavy atom. The topological polar surface area (TPSA) is 75.4 Å². The van der Waals surface area contributed by atoms with Crippen LogP contribution in [-0.4, -0.2) is 45.8 Å². The molecule has 0 radical (unpaired) electrons. The number of carboxylic acid groups (broad SMARTS) is 1. The number of carbonyl (C=O) groups is 2. The maximum Gasteiger partial charge on any atom is 0.307 e. The quantitative estimate of drug-likeness (QED) is 0.815. The second-order valence-electron chi connectivity index (χ2n) is 4.17. The molecule has 0 aliphatic carbocycles. The summed E-state index contributed by atoms with van der Waals surface area (Å²) in [4.78, 5) is 23.7. The summed E-state index contributed by atoms with van der Waals surface area (Å²) in [7, 11) is 3.35. The molecule has 6 heteroatoms. The van der Waals surface area contributed by atoms with Crippen LogP contribution < -0.4 is 0 Å². The van der Waals surface area contributed by atoms with Gasteiger partial charge in [-0.25, -0.2) is 0 Å². The van der Waals surface area contributed by atoms with Gasteiger partial charge in [-0.2, -0.15) is 5.10 Å². The zero-order valence-corrected chi connectivity index (χ0v) is 10.5. The normalized spacial score (nSPS) is 10.4. The van der Waals surface area contributed by atoms with E-state index in [2.05, 4.69) is 5.10 Å². The van der Waals surface area contributed by atoms with Gasteiger partial charge in [-0.15, -0.1) is 0 Å². The number of amides is 1. The molecule has 1 heterocycles. The monoisotopic (exact) mass is 239 g/mol. The Bertz CT molecular complexity index is 449. The Hall–Kier alpha value is -1.85. The van der Waals surface area contributed by atoms with Crippen LogP contribution in [0.25, 0.3) is 0 Å². The maximum atomic E-state index is 11.6. The number of hydrogen-bond donors (Lipinski definition) is 1. The van der Waals surface area contributed by atoms with E-state index in [4.69, 9.17) is 5.11 Å². The van der Waals surface area contributed by atoms with Crippen molar-refractivity contribution in [2.75, 3.05) is 14.1 Å². The van der Waals surface area contributed by atoms with Crippen LogP contribution in [-0.2, 0) is 22.6 Å². The van der Waals surface area contributed by atoms with Crippen LogP contribution in [0.15, 0.2) is 0 Å². The minimum atomic E-state index is -0.894. The van der Waals surface area contributed by atoms with E-state index < -0.39 is 5.97 Å². The maximum absolute atomic E-state index is 11.6. The predicted octanol–water partition coefficient (Wildman–Crippen LogP) is 0.215. The molecule has 0 aromatic carbocycles. The highest BCUT2D eigenvalue weighted by molar-refractivity contribution is 5.75. The summed E-state index contributed by atoms with van der Waals surface area (Å²) in [6.07, 6.45) is -0.0617. The van der Waals surface area contributed by atoms with E-state index in [1.807, 2.05) is 0 Å². The molecular weight excluding hydrogens is 222 g/mol. The highest BCUT2D eigenvalue weighted by Gasteiger charge is 2.16. The molecule has 94 valence electrons. The zero-order chi connectivity index (χ0) is 13.2. The fourth-order valence-electron chi connectivity index (χ4n) is 1.56. The van der Waals surface area contributed by atoms with Crippen LogP contribution in [0.5, 0.6) is 0 Å². The summed E-state index contributed by atoms with van der Waals surface area (Å²) in [5.41, 5.74) is 2.08. The van der Waals surface area contributed by atoms with E-state index in [0.717, 1.165) is 5.69 Å². The molecule has 1 aromatic heterocycles. The Labute approximate surface area is 99.8 Å². The van der Waals surface area contributed by atoms with Crippen molar-refractivity contribution in [3.8, 4) is 0 Å². The lowest BCUT2D eigenvalue weighted by Crippen LogP contribution is -2.27. The molecule has 0 saturated carbocycles. The van der Waals surface area contributed by atoms with Gasteiger partial charge in [0.15, 0.2) is 0 Å². The number of aliphatic carboxylic acids is 1. The summed E-state index contributed by atoms with van der Waals surface area (Å²) >= 11 is 0. The summed E-state index contributed by atoms with van der Waals surface area (Å²) < 4.78 is 1.55. The van der Waals surface area contributed by atoms with Gasteiger partial charge in [0.1, 0.15) is 6.54 Å². The zero-order valence-electron chi connectivity index (χ0n) is 10.5. The third-order valence-electron chi connectivity index (χ3n) is 2.64. The summed E-state index contributed by atoms with van der Waals surface area (Å²) in [5, 5.41) is 13.0. The van der Waals surface area contributed by atoms with Crippen LogP contribution in [0.1, 0.15) is 17.0 Å². The smallest absolute Gasteiger partial charge is 0.307 e. The molecule has 1 rings (SSSR count). The lowest BCUT2D eigenvalue weighted by Gasteiger charge is -2.11. The molecule has 0 aliphatic rings.